The van der Waals surface area contributed by atoms with Crippen molar-refractivity contribution >= 4 is 20.2 Å². The van der Waals surface area contributed by atoms with E-state index in [0.29, 0.717) is 36.9 Å². The van der Waals surface area contributed by atoms with E-state index in [9.17, 15) is 16.8 Å². The Morgan fingerprint density at radius 3 is 1.91 bits per heavy atom. The maximum absolute atomic E-state index is 9.19. The fourth-order valence-electron chi connectivity index (χ4n) is 7.82. The zero-order valence-electron chi connectivity index (χ0n) is 26.9. The predicted molar refractivity (Wildman–Crippen MR) is 170 cm³/mol. The third kappa shape index (κ3) is 11.1. The van der Waals surface area contributed by atoms with Gasteiger partial charge in [0.15, 0.2) is 0 Å². The molecule has 1 saturated heterocycles. The molecule has 1 aliphatic heterocycles. The first-order valence-electron chi connectivity index (χ1n) is 16.0. The second-order valence-corrected chi connectivity index (χ2v) is 17.3. The van der Waals surface area contributed by atoms with E-state index in [1.807, 2.05) is 13.8 Å². The molecule has 0 amide bonds. The van der Waals surface area contributed by atoms with Crippen LogP contribution in [0.4, 0.5) is 0 Å². The van der Waals surface area contributed by atoms with Gasteiger partial charge in [-0.25, -0.2) is 0 Å². The number of hydrogen-bond acceptors (Lipinski definition) is 10. The topological polar surface area (TPSA) is 184 Å². The smallest absolute Gasteiger partial charge is 0.261 e. The average Bonchev–Trinajstić information content (AvgIpc) is 3.27. The van der Waals surface area contributed by atoms with Crippen LogP contribution in [0.3, 0.4) is 0 Å². The molecule has 1 heterocycles. The molecule has 2 spiro atoms. The standard InChI is InChI=1S/C29H44N2O4.2CH4O3S/c1-27(2,30)19-31-12-3-13-32-26-6-4-22(5-7-26)23-8-10-28(11-9-23)33-29(35-34-28)24-15-20-14-21(17-24)18-25(29)16-20;2*1-5(2,3)4/h4-7,20-21,23-25,31H,3,8-19,30H2,1-2H3;2*1H3,(H,2,3,4). The number of nitrogens with one attached hydrogen (secondary N) is 1. The number of rotatable bonds is 8. The van der Waals surface area contributed by atoms with Crippen LogP contribution in [-0.2, 0) is 34.7 Å². The predicted octanol–water partition coefficient (Wildman–Crippen LogP) is 4.28. The molecule has 5 N–H and O–H groups in total. The van der Waals surface area contributed by atoms with E-state index in [0.717, 1.165) is 62.8 Å². The van der Waals surface area contributed by atoms with Gasteiger partial charge in [-0.05, 0) is 107 Å². The highest BCUT2D eigenvalue weighted by Gasteiger charge is 2.66. The molecule has 14 heteroatoms. The van der Waals surface area contributed by atoms with Crippen molar-refractivity contribution in [1.82, 2.24) is 5.32 Å². The fourth-order valence-corrected chi connectivity index (χ4v) is 7.82. The lowest BCUT2D eigenvalue weighted by Crippen LogP contribution is -2.59. The van der Waals surface area contributed by atoms with Crippen molar-refractivity contribution < 1.29 is 45.2 Å². The Labute approximate surface area is 268 Å². The lowest BCUT2D eigenvalue weighted by Gasteiger charge is -2.57. The summed E-state index contributed by atoms with van der Waals surface area (Å²) in [5, 5.41) is 3.38. The fraction of sp³-hybridized carbons (Fsp3) is 0.806. The molecule has 5 saturated carbocycles. The van der Waals surface area contributed by atoms with E-state index in [1.165, 1.54) is 37.7 Å². The molecule has 5 aliphatic carbocycles. The van der Waals surface area contributed by atoms with Crippen LogP contribution in [0.15, 0.2) is 24.3 Å². The molecule has 45 heavy (non-hydrogen) atoms. The summed E-state index contributed by atoms with van der Waals surface area (Å²) in [6.45, 7) is 6.51. The van der Waals surface area contributed by atoms with E-state index in [-0.39, 0.29) is 5.54 Å². The van der Waals surface area contributed by atoms with Gasteiger partial charge in [-0.3, -0.25) is 9.11 Å². The zero-order chi connectivity index (χ0) is 33.1. The summed E-state index contributed by atoms with van der Waals surface area (Å²) < 4.78 is 64.5. The summed E-state index contributed by atoms with van der Waals surface area (Å²) in [6.07, 6.45) is 12.9. The quantitative estimate of drug-likeness (QED) is 0.174. The molecule has 0 radical (unpaired) electrons. The van der Waals surface area contributed by atoms with Gasteiger partial charge in [-0.2, -0.15) is 26.6 Å². The van der Waals surface area contributed by atoms with Crippen molar-refractivity contribution in [3.05, 3.63) is 29.8 Å². The summed E-state index contributed by atoms with van der Waals surface area (Å²) in [6, 6.07) is 8.70. The first-order valence-corrected chi connectivity index (χ1v) is 19.7. The van der Waals surface area contributed by atoms with E-state index in [1.54, 1.807) is 0 Å². The summed E-state index contributed by atoms with van der Waals surface area (Å²) >= 11 is 0. The van der Waals surface area contributed by atoms with Gasteiger partial charge in [0.1, 0.15) is 5.75 Å². The summed E-state index contributed by atoms with van der Waals surface area (Å²) in [7, 11) is -7.33. The number of ether oxygens (including phenoxy) is 2. The highest BCUT2D eigenvalue weighted by Crippen LogP contribution is 2.64. The zero-order valence-corrected chi connectivity index (χ0v) is 28.6. The lowest BCUT2D eigenvalue weighted by molar-refractivity contribution is -0.390. The molecule has 12 nitrogen and oxygen atoms in total. The highest BCUT2D eigenvalue weighted by molar-refractivity contribution is 7.85. The maximum atomic E-state index is 9.19. The van der Waals surface area contributed by atoms with Crippen LogP contribution in [0.25, 0.3) is 0 Å². The molecular weight excluding hydrogens is 624 g/mol. The van der Waals surface area contributed by atoms with Gasteiger partial charge in [0.05, 0.1) is 19.1 Å². The van der Waals surface area contributed by atoms with Crippen LogP contribution >= 0.6 is 0 Å². The van der Waals surface area contributed by atoms with Gasteiger partial charge in [0.2, 0.25) is 11.6 Å². The van der Waals surface area contributed by atoms with E-state index in [4.69, 9.17) is 34.1 Å². The van der Waals surface area contributed by atoms with Crippen molar-refractivity contribution in [2.24, 2.45) is 29.4 Å². The SMILES string of the molecule is CC(C)(N)CNCCCOc1ccc(C2CCC3(CC2)OOC2(O3)C3CC4CC(C3)CC2C4)cc1.CS(=O)(=O)O.CS(=O)(=O)O. The number of nitrogens with two attached hydrogens (primary N) is 1. The van der Waals surface area contributed by atoms with Crippen molar-refractivity contribution in [2.75, 3.05) is 32.2 Å². The van der Waals surface area contributed by atoms with Crippen LogP contribution in [0.2, 0.25) is 0 Å². The summed E-state index contributed by atoms with van der Waals surface area (Å²) in [5.41, 5.74) is 7.21. The molecule has 6 fully saturated rings. The Balaban J connectivity index is 0.000000403. The van der Waals surface area contributed by atoms with Gasteiger partial charge in [-0.1, -0.05) is 12.1 Å². The second kappa shape index (κ2) is 14.4. The Kier molecular flexibility index (Phi) is 11.7. The lowest BCUT2D eigenvalue weighted by atomic mass is 9.53. The van der Waals surface area contributed by atoms with Crippen LogP contribution in [0, 0.1) is 23.7 Å². The maximum Gasteiger partial charge on any atom is 0.261 e. The monoisotopic (exact) mass is 676 g/mol. The first kappa shape index (κ1) is 36.5. The van der Waals surface area contributed by atoms with Gasteiger partial charge in [0, 0.05) is 36.8 Å². The van der Waals surface area contributed by atoms with Gasteiger partial charge >= 0.3 is 0 Å². The first-order chi connectivity index (χ1) is 20.8. The highest BCUT2D eigenvalue weighted by atomic mass is 32.2. The van der Waals surface area contributed by atoms with Gasteiger partial charge < -0.3 is 20.5 Å². The molecule has 1 aromatic carbocycles. The molecule has 7 rings (SSSR count). The number of hydrogen-bond donors (Lipinski definition) is 4. The van der Waals surface area contributed by atoms with Crippen molar-refractivity contribution in [3.63, 3.8) is 0 Å². The summed E-state index contributed by atoms with van der Waals surface area (Å²) in [5.74, 6) is 3.38. The molecule has 258 valence electrons. The molecule has 0 aromatic heterocycles. The Hall–Kier alpha value is -1.36. The Morgan fingerprint density at radius 2 is 1.42 bits per heavy atom. The van der Waals surface area contributed by atoms with Crippen molar-refractivity contribution in [1.29, 1.82) is 0 Å². The normalized spacial score (nSPS) is 33.8. The Bertz CT molecular complexity index is 1250. The minimum absolute atomic E-state index is 0.172. The molecule has 0 unspecified atom stereocenters. The van der Waals surface area contributed by atoms with Crippen LogP contribution < -0.4 is 15.8 Å². The van der Waals surface area contributed by atoms with Crippen LogP contribution in [-0.4, -0.2) is 75.3 Å². The largest absolute Gasteiger partial charge is 0.494 e. The second-order valence-electron chi connectivity index (χ2n) is 14.4. The van der Waals surface area contributed by atoms with E-state index >= 15 is 0 Å². The van der Waals surface area contributed by atoms with Crippen LogP contribution in [0.5, 0.6) is 5.75 Å². The van der Waals surface area contributed by atoms with Crippen molar-refractivity contribution in [2.45, 2.75) is 101 Å². The third-order valence-corrected chi connectivity index (χ3v) is 9.39. The van der Waals surface area contributed by atoms with Crippen molar-refractivity contribution in [3.8, 4) is 5.75 Å². The van der Waals surface area contributed by atoms with Gasteiger partial charge in [-0.15, -0.1) is 0 Å². The number of benzene rings is 1. The molecule has 0 atom stereocenters. The Morgan fingerprint density at radius 1 is 0.911 bits per heavy atom. The van der Waals surface area contributed by atoms with Crippen LogP contribution in [0.1, 0.15) is 89.5 Å². The third-order valence-electron chi connectivity index (χ3n) is 9.39. The minimum atomic E-state index is -3.67. The van der Waals surface area contributed by atoms with Gasteiger partial charge in [0.25, 0.3) is 20.2 Å². The molecule has 6 aliphatic rings. The molecular formula is C31H52N2O10S2. The minimum Gasteiger partial charge on any atom is -0.494 e. The molecule has 1 aromatic rings. The van der Waals surface area contributed by atoms with E-state index in [2.05, 4.69) is 29.6 Å². The van der Waals surface area contributed by atoms with E-state index < -0.39 is 31.8 Å². The molecule has 4 bridgehead atoms. The average molecular weight is 677 g/mol. The summed E-state index contributed by atoms with van der Waals surface area (Å²) in [4.78, 5) is 12.3.